The van der Waals surface area contributed by atoms with Crippen LogP contribution < -0.4 is 4.74 Å². The standard InChI is InChI=1S/C18H25NO6S2/c1-4-24-15-5-7-16(8-6-15)26-11-17(20)25-13(2)18(21)19(3)14-9-10-27(22,23)12-14/h5-8,13-14H,4,9-12H2,1-3H3/t13-,14-/m0/s1. The van der Waals surface area contributed by atoms with Crippen LogP contribution in [0.3, 0.4) is 0 Å². The van der Waals surface area contributed by atoms with Crippen LogP contribution in [0.25, 0.3) is 0 Å². The minimum absolute atomic E-state index is 0.0382. The number of sulfone groups is 1. The molecule has 1 saturated heterocycles. The first-order valence-corrected chi connectivity index (χ1v) is 11.5. The summed E-state index contributed by atoms with van der Waals surface area (Å²) in [5.74, 6) is -0.00183. The minimum Gasteiger partial charge on any atom is -0.494 e. The predicted octanol–water partition coefficient (Wildman–Crippen LogP) is 1.75. The third kappa shape index (κ3) is 6.42. The van der Waals surface area contributed by atoms with Crippen molar-refractivity contribution in [2.24, 2.45) is 0 Å². The Labute approximate surface area is 164 Å². The van der Waals surface area contributed by atoms with E-state index < -0.39 is 27.8 Å². The molecule has 0 saturated carbocycles. The first-order chi connectivity index (χ1) is 12.7. The Morgan fingerprint density at radius 2 is 1.96 bits per heavy atom. The molecule has 1 aromatic rings. The van der Waals surface area contributed by atoms with Crippen molar-refractivity contribution in [3.8, 4) is 5.75 Å². The number of rotatable bonds is 8. The molecule has 1 aromatic carbocycles. The largest absolute Gasteiger partial charge is 0.494 e. The molecule has 0 bridgehead atoms. The maximum Gasteiger partial charge on any atom is 0.317 e. The molecule has 1 aliphatic heterocycles. The van der Waals surface area contributed by atoms with Crippen LogP contribution in [0.1, 0.15) is 20.3 Å². The van der Waals surface area contributed by atoms with E-state index in [0.717, 1.165) is 10.6 Å². The fourth-order valence-corrected chi connectivity index (χ4v) is 5.23. The van der Waals surface area contributed by atoms with Gasteiger partial charge in [-0.2, -0.15) is 0 Å². The normalized spacial score (nSPS) is 19.3. The number of hydrogen-bond donors (Lipinski definition) is 0. The van der Waals surface area contributed by atoms with Crippen LogP contribution in [-0.4, -0.2) is 68.3 Å². The Hall–Kier alpha value is -1.74. The van der Waals surface area contributed by atoms with E-state index in [1.807, 2.05) is 31.2 Å². The zero-order valence-electron chi connectivity index (χ0n) is 15.7. The quantitative estimate of drug-likeness (QED) is 0.472. The second kappa shape index (κ2) is 9.45. The lowest BCUT2D eigenvalue weighted by Crippen LogP contribution is -2.44. The van der Waals surface area contributed by atoms with E-state index in [4.69, 9.17) is 9.47 Å². The topological polar surface area (TPSA) is 90.0 Å². The number of likely N-dealkylation sites (N-methyl/N-ethyl adjacent to an activating group) is 1. The second-order valence-electron chi connectivity index (χ2n) is 6.33. The van der Waals surface area contributed by atoms with Gasteiger partial charge in [-0.1, -0.05) is 0 Å². The van der Waals surface area contributed by atoms with Gasteiger partial charge in [0.15, 0.2) is 15.9 Å². The molecule has 27 heavy (non-hydrogen) atoms. The lowest BCUT2D eigenvalue weighted by Gasteiger charge is -2.26. The van der Waals surface area contributed by atoms with Gasteiger partial charge in [0.2, 0.25) is 0 Å². The summed E-state index contributed by atoms with van der Waals surface area (Å²) in [6.07, 6.45) is -0.537. The molecule has 1 aliphatic rings. The van der Waals surface area contributed by atoms with E-state index in [1.54, 1.807) is 7.05 Å². The fourth-order valence-electron chi connectivity index (χ4n) is 2.77. The summed E-state index contributed by atoms with van der Waals surface area (Å²) in [6.45, 7) is 4.00. The highest BCUT2D eigenvalue weighted by Gasteiger charge is 2.34. The van der Waals surface area contributed by atoms with Crippen LogP contribution >= 0.6 is 11.8 Å². The first kappa shape index (κ1) is 21.6. The van der Waals surface area contributed by atoms with Crippen LogP contribution in [0.15, 0.2) is 29.2 Å². The molecule has 0 N–H and O–H groups in total. The molecular formula is C18H25NO6S2. The molecule has 150 valence electrons. The van der Waals surface area contributed by atoms with E-state index in [0.29, 0.717) is 13.0 Å². The van der Waals surface area contributed by atoms with Gasteiger partial charge in [-0.15, -0.1) is 11.8 Å². The van der Waals surface area contributed by atoms with Crippen LogP contribution in [0.4, 0.5) is 0 Å². The van der Waals surface area contributed by atoms with Crippen molar-refractivity contribution < 1.29 is 27.5 Å². The summed E-state index contributed by atoms with van der Waals surface area (Å²) in [4.78, 5) is 26.7. The van der Waals surface area contributed by atoms with Gasteiger partial charge >= 0.3 is 5.97 Å². The summed E-state index contributed by atoms with van der Waals surface area (Å²) in [5, 5.41) is 0. The number of amides is 1. The maximum atomic E-state index is 12.4. The highest BCUT2D eigenvalue weighted by molar-refractivity contribution is 8.00. The van der Waals surface area contributed by atoms with Crippen molar-refractivity contribution >= 4 is 33.5 Å². The average Bonchev–Trinajstić information content (AvgIpc) is 3.00. The Kier molecular flexibility index (Phi) is 7.55. The summed E-state index contributed by atoms with van der Waals surface area (Å²) in [5.41, 5.74) is 0. The third-order valence-corrected chi connectivity index (χ3v) is 6.99. The van der Waals surface area contributed by atoms with Gasteiger partial charge < -0.3 is 14.4 Å². The highest BCUT2D eigenvalue weighted by Crippen LogP contribution is 2.22. The summed E-state index contributed by atoms with van der Waals surface area (Å²) < 4.78 is 33.7. The summed E-state index contributed by atoms with van der Waals surface area (Å²) in [7, 11) is -1.53. The van der Waals surface area contributed by atoms with Gasteiger partial charge in [0, 0.05) is 18.0 Å². The Balaban J connectivity index is 1.79. The molecule has 1 amide bonds. The monoisotopic (exact) mass is 415 g/mol. The number of esters is 1. The van der Waals surface area contributed by atoms with E-state index in [2.05, 4.69) is 0 Å². The Morgan fingerprint density at radius 1 is 1.30 bits per heavy atom. The molecule has 0 radical (unpaired) electrons. The van der Waals surface area contributed by atoms with Crippen molar-refractivity contribution in [3.63, 3.8) is 0 Å². The number of benzene rings is 1. The van der Waals surface area contributed by atoms with Gasteiger partial charge in [0.25, 0.3) is 5.91 Å². The van der Waals surface area contributed by atoms with Crippen molar-refractivity contribution in [2.45, 2.75) is 37.3 Å². The molecule has 0 aromatic heterocycles. The molecule has 2 atom stereocenters. The Bertz CT molecular complexity index is 763. The smallest absolute Gasteiger partial charge is 0.317 e. The highest BCUT2D eigenvalue weighted by atomic mass is 32.2. The molecule has 0 unspecified atom stereocenters. The number of thioether (sulfide) groups is 1. The van der Waals surface area contributed by atoms with E-state index >= 15 is 0 Å². The SMILES string of the molecule is CCOc1ccc(SCC(=O)O[C@@H](C)C(=O)N(C)[C@H]2CCS(=O)(=O)C2)cc1. The van der Waals surface area contributed by atoms with Gasteiger partial charge in [0.1, 0.15) is 5.75 Å². The van der Waals surface area contributed by atoms with Crippen molar-refractivity contribution in [1.82, 2.24) is 4.90 Å². The predicted molar refractivity (Wildman–Crippen MR) is 104 cm³/mol. The van der Waals surface area contributed by atoms with Crippen molar-refractivity contribution in [3.05, 3.63) is 24.3 Å². The van der Waals surface area contributed by atoms with Crippen molar-refractivity contribution in [1.29, 1.82) is 0 Å². The average molecular weight is 416 g/mol. The lowest BCUT2D eigenvalue weighted by molar-refractivity contribution is -0.157. The molecule has 7 nitrogen and oxygen atoms in total. The number of carbonyl (C=O) groups excluding carboxylic acids is 2. The number of hydrogen-bond acceptors (Lipinski definition) is 7. The van der Waals surface area contributed by atoms with Crippen LogP contribution in [0.5, 0.6) is 5.75 Å². The molecular weight excluding hydrogens is 390 g/mol. The summed E-state index contributed by atoms with van der Waals surface area (Å²) in [6, 6.07) is 7.00. The number of ether oxygens (including phenoxy) is 2. The Morgan fingerprint density at radius 3 is 2.52 bits per heavy atom. The molecule has 1 fully saturated rings. The fraction of sp³-hybridized carbons (Fsp3) is 0.556. The van der Waals surface area contributed by atoms with Crippen LogP contribution in [0.2, 0.25) is 0 Å². The second-order valence-corrected chi connectivity index (χ2v) is 9.61. The van der Waals surface area contributed by atoms with Gasteiger partial charge in [-0.05, 0) is 44.5 Å². The van der Waals surface area contributed by atoms with E-state index in [1.165, 1.54) is 23.6 Å². The summed E-state index contributed by atoms with van der Waals surface area (Å²) >= 11 is 1.31. The number of carbonyl (C=O) groups is 2. The third-order valence-electron chi connectivity index (χ3n) is 4.25. The maximum absolute atomic E-state index is 12.4. The molecule has 0 spiro atoms. The molecule has 0 aliphatic carbocycles. The first-order valence-electron chi connectivity index (χ1n) is 8.74. The van der Waals surface area contributed by atoms with Crippen LogP contribution in [-0.2, 0) is 24.2 Å². The van der Waals surface area contributed by atoms with Gasteiger partial charge in [-0.3, -0.25) is 9.59 Å². The zero-order chi connectivity index (χ0) is 20.0. The molecule has 1 heterocycles. The molecule has 2 rings (SSSR count). The van der Waals surface area contributed by atoms with Crippen molar-refractivity contribution in [2.75, 3.05) is 30.9 Å². The lowest BCUT2D eigenvalue weighted by atomic mass is 10.2. The van der Waals surface area contributed by atoms with E-state index in [-0.39, 0.29) is 23.3 Å². The van der Waals surface area contributed by atoms with Gasteiger partial charge in [0.05, 0.1) is 23.9 Å². The van der Waals surface area contributed by atoms with E-state index in [9.17, 15) is 18.0 Å². The van der Waals surface area contributed by atoms with Crippen LogP contribution in [0, 0.1) is 0 Å². The molecule has 9 heteroatoms. The zero-order valence-corrected chi connectivity index (χ0v) is 17.3. The minimum atomic E-state index is -3.08. The number of nitrogens with zero attached hydrogens (tertiary/aromatic N) is 1. The van der Waals surface area contributed by atoms with Gasteiger partial charge in [-0.25, -0.2) is 8.42 Å².